The fraction of sp³-hybridized carbons (Fsp3) is 0.154. The lowest BCUT2D eigenvalue weighted by Crippen LogP contribution is -2.01. The molecule has 0 saturated carbocycles. The highest BCUT2D eigenvalue weighted by molar-refractivity contribution is 7.11. The van der Waals surface area contributed by atoms with Crippen molar-refractivity contribution >= 4 is 17.0 Å². The van der Waals surface area contributed by atoms with Crippen LogP contribution in [-0.2, 0) is 6.54 Å². The number of rotatable bonds is 4. The van der Waals surface area contributed by atoms with E-state index in [-0.39, 0.29) is 5.82 Å². The number of nitrogens with zero attached hydrogens (tertiary/aromatic N) is 4. The van der Waals surface area contributed by atoms with Gasteiger partial charge in [-0.15, -0.1) is 11.3 Å². The number of nitrogens with one attached hydrogen (secondary N) is 1. The lowest BCUT2D eigenvalue weighted by molar-refractivity contribution is 0.611. The number of thiazole rings is 1. The summed E-state index contributed by atoms with van der Waals surface area (Å²) in [5, 5.41) is 8.11. The predicted molar refractivity (Wildman–Crippen MR) is 75.5 cm³/mol. The third-order valence-corrected chi connectivity index (χ3v) is 3.66. The van der Waals surface area contributed by atoms with Gasteiger partial charge in [-0.1, -0.05) is 0 Å². The first-order valence-electron chi connectivity index (χ1n) is 6.02. The highest BCUT2D eigenvalue weighted by Crippen LogP contribution is 2.19. The number of hydrogen-bond donors (Lipinski definition) is 1. The molecule has 0 radical (unpaired) electrons. The minimum absolute atomic E-state index is 0.346. The SMILES string of the molecule is Cc1ncc(CNc2ccc(-n3cncn3)c(F)c2)s1. The topological polar surface area (TPSA) is 55.6 Å². The van der Waals surface area contributed by atoms with Crippen molar-refractivity contribution in [2.75, 3.05) is 5.32 Å². The molecule has 0 spiro atoms. The van der Waals surface area contributed by atoms with Gasteiger partial charge in [-0.25, -0.2) is 19.0 Å². The zero-order chi connectivity index (χ0) is 13.9. The molecule has 0 aliphatic rings. The minimum atomic E-state index is -0.346. The maximum absolute atomic E-state index is 14.0. The molecule has 2 aromatic heterocycles. The van der Waals surface area contributed by atoms with Gasteiger partial charge in [0.2, 0.25) is 0 Å². The maximum Gasteiger partial charge on any atom is 0.150 e. The molecule has 2 heterocycles. The summed E-state index contributed by atoms with van der Waals surface area (Å²) in [6.07, 6.45) is 4.66. The van der Waals surface area contributed by atoms with Crippen LogP contribution in [0, 0.1) is 12.7 Å². The lowest BCUT2D eigenvalue weighted by atomic mass is 10.2. The van der Waals surface area contributed by atoms with E-state index in [9.17, 15) is 4.39 Å². The number of aromatic nitrogens is 4. The monoisotopic (exact) mass is 289 g/mol. The highest BCUT2D eigenvalue weighted by Gasteiger charge is 2.06. The molecule has 3 rings (SSSR count). The summed E-state index contributed by atoms with van der Waals surface area (Å²) < 4.78 is 15.4. The van der Waals surface area contributed by atoms with Crippen molar-refractivity contribution in [2.45, 2.75) is 13.5 Å². The van der Waals surface area contributed by atoms with E-state index < -0.39 is 0 Å². The normalized spacial score (nSPS) is 10.7. The van der Waals surface area contributed by atoms with Gasteiger partial charge in [0.05, 0.1) is 11.6 Å². The second kappa shape index (κ2) is 5.38. The molecule has 0 fully saturated rings. The van der Waals surface area contributed by atoms with Crippen molar-refractivity contribution < 1.29 is 4.39 Å². The first-order valence-corrected chi connectivity index (χ1v) is 6.84. The van der Waals surface area contributed by atoms with Gasteiger partial charge in [0.25, 0.3) is 0 Å². The van der Waals surface area contributed by atoms with Crippen molar-refractivity contribution in [3.63, 3.8) is 0 Å². The van der Waals surface area contributed by atoms with Gasteiger partial charge < -0.3 is 5.32 Å². The van der Waals surface area contributed by atoms with Crippen molar-refractivity contribution in [2.24, 2.45) is 0 Å². The van der Waals surface area contributed by atoms with Crippen LogP contribution in [-0.4, -0.2) is 19.7 Å². The molecule has 0 aliphatic carbocycles. The van der Waals surface area contributed by atoms with E-state index in [1.165, 1.54) is 23.4 Å². The predicted octanol–water partition coefficient (Wildman–Crippen LogP) is 2.78. The third kappa shape index (κ3) is 2.67. The molecule has 0 atom stereocenters. The third-order valence-electron chi connectivity index (χ3n) is 2.75. The molecular weight excluding hydrogens is 277 g/mol. The van der Waals surface area contributed by atoms with E-state index in [1.54, 1.807) is 17.4 Å². The summed E-state index contributed by atoms with van der Waals surface area (Å²) in [5.41, 5.74) is 1.10. The van der Waals surface area contributed by atoms with Crippen LogP contribution in [0.15, 0.2) is 37.1 Å². The molecule has 3 aromatic rings. The van der Waals surface area contributed by atoms with Gasteiger partial charge in [0.15, 0.2) is 5.82 Å². The molecule has 1 aromatic carbocycles. The van der Waals surface area contributed by atoms with E-state index in [0.717, 1.165) is 15.6 Å². The number of benzene rings is 1. The summed E-state index contributed by atoms with van der Waals surface area (Å²) in [6.45, 7) is 2.59. The molecule has 7 heteroatoms. The standard InChI is InChI=1S/C13H12FN5S/c1-9-16-5-11(20-9)6-17-10-2-3-13(12(14)4-10)19-8-15-7-18-19/h2-5,7-8,17H,6H2,1H3. The Hall–Kier alpha value is -2.28. The van der Waals surface area contributed by atoms with Crippen molar-refractivity contribution in [3.05, 3.63) is 52.8 Å². The van der Waals surface area contributed by atoms with E-state index in [1.807, 2.05) is 19.2 Å². The van der Waals surface area contributed by atoms with Crippen LogP contribution >= 0.6 is 11.3 Å². The first-order chi connectivity index (χ1) is 9.72. The van der Waals surface area contributed by atoms with Crippen LogP contribution in [0.2, 0.25) is 0 Å². The maximum atomic E-state index is 14.0. The number of hydrogen-bond acceptors (Lipinski definition) is 5. The van der Waals surface area contributed by atoms with E-state index in [0.29, 0.717) is 12.2 Å². The number of aryl methyl sites for hydroxylation is 1. The fourth-order valence-electron chi connectivity index (χ4n) is 1.81. The van der Waals surface area contributed by atoms with Crippen molar-refractivity contribution in [1.82, 2.24) is 19.7 Å². The Morgan fingerprint density at radius 1 is 1.40 bits per heavy atom. The van der Waals surface area contributed by atoms with Gasteiger partial charge in [-0.3, -0.25) is 0 Å². The van der Waals surface area contributed by atoms with Crippen LogP contribution in [0.3, 0.4) is 0 Å². The summed E-state index contributed by atoms with van der Waals surface area (Å²) in [4.78, 5) is 9.10. The van der Waals surface area contributed by atoms with Crippen LogP contribution in [0.5, 0.6) is 0 Å². The van der Waals surface area contributed by atoms with E-state index >= 15 is 0 Å². The van der Waals surface area contributed by atoms with Crippen LogP contribution in [0.1, 0.15) is 9.88 Å². The Bertz CT molecular complexity index is 707. The Morgan fingerprint density at radius 2 is 2.30 bits per heavy atom. The van der Waals surface area contributed by atoms with Gasteiger partial charge in [-0.05, 0) is 25.1 Å². The summed E-state index contributed by atoms with van der Waals surface area (Å²) >= 11 is 1.62. The molecule has 0 saturated heterocycles. The molecule has 0 amide bonds. The zero-order valence-corrected chi connectivity index (χ0v) is 11.6. The second-order valence-corrected chi connectivity index (χ2v) is 5.52. The minimum Gasteiger partial charge on any atom is -0.380 e. The van der Waals surface area contributed by atoms with Crippen molar-refractivity contribution in [3.8, 4) is 5.69 Å². The first kappa shape index (κ1) is 12.7. The average molecular weight is 289 g/mol. The quantitative estimate of drug-likeness (QED) is 0.802. The molecular formula is C13H12FN5S. The second-order valence-electron chi connectivity index (χ2n) is 4.21. The number of halogens is 1. The molecule has 0 aliphatic heterocycles. The van der Waals surface area contributed by atoms with Gasteiger partial charge in [0.1, 0.15) is 18.3 Å². The van der Waals surface area contributed by atoms with Crippen LogP contribution in [0.4, 0.5) is 10.1 Å². The number of anilines is 1. The van der Waals surface area contributed by atoms with E-state index in [2.05, 4.69) is 20.4 Å². The van der Waals surface area contributed by atoms with Gasteiger partial charge in [0, 0.05) is 16.8 Å². The Labute approximate surface area is 119 Å². The zero-order valence-electron chi connectivity index (χ0n) is 10.7. The van der Waals surface area contributed by atoms with E-state index in [4.69, 9.17) is 0 Å². The molecule has 5 nitrogen and oxygen atoms in total. The average Bonchev–Trinajstić information content (AvgIpc) is 3.08. The Kier molecular flexibility index (Phi) is 3.42. The smallest absolute Gasteiger partial charge is 0.150 e. The van der Waals surface area contributed by atoms with Crippen LogP contribution in [0.25, 0.3) is 5.69 Å². The Morgan fingerprint density at radius 3 is 2.95 bits per heavy atom. The summed E-state index contributed by atoms with van der Waals surface area (Å²) in [7, 11) is 0. The lowest BCUT2D eigenvalue weighted by Gasteiger charge is -2.07. The molecule has 20 heavy (non-hydrogen) atoms. The van der Waals surface area contributed by atoms with Crippen molar-refractivity contribution in [1.29, 1.82) is 0 Å². The fourth-order valence-corrected chi connectivity index (χ4v) is 2.55. The summed E-state index contributed by atoms with van der Waals surface area (Å²) in [6, 6.07) is 4.93. The van der Waals surface area contributed by atoms with Crippen LogP contribution < -0.4 is 5.32 Å². The molecule has 102 valence electrons. The van der Waals surface area contributed by atoms with Gasteiger partial charge >= 0.3 is 0 Å². The molecule has 0 bridgehead atoms. The molecule has 0 unspecified atom stereocenters. The van der Waals surface area contributed by atoms with Gasteiger partial charge in [-0.2, -0.15) is 5.10 Å². The largest absolute Gasteiger partial charge is 0.380 e. The molecule has 1 N–H and O–H groups in total. The summed E-state index contributed by atoms with van der Waals surface area (Å²) in [5.74, 6) is -0.346. The highest BCUT2D eigenvalue weighted by atomic mass is 32.1. The Balaban J connectivity index is 1.74.